The number of nitrogens with one attached hydrogen (secondary N) is 2. The van der Waals surface area contributed by atoms with Crippen molar-refractivity contribution in [2.75, 3.05) is 11.1 Å². The Morgan fingerprint density at radius 3 is 2.70 bits per heavy atom. The molecule has 1 heterocycles. The summed E-state index contributed by atoms with van der Waals surface area (Å²) in [6, 6.07) is 7.00. The number of nitrogens with zero attached hydrogens (tertiary/aromatic N) is 2. The fourth-order valence-corrected chi connectivity index (χ4v) is 2.67. The number of carbonyl (C=O) groups is 2. The van der Waals surface area contributed by atoms with E-state index in [0.29, 0.717) is 11.3 Å². The smallest absolute Gasteiger partial charge is 0.253 e. The molecule has 0 saturated carbocycles. The van der Waals surface area contributed by atoms with Crippen molar-refractivity contribution in [2.24, 2.45) is 7.05 Å². The highest BCUT2D eigenvalue weighted by Gasteiger charge is 2.14. The molecule has 122 valence electrons. The van der Waals surface area contributed by atoms with Gasteiger partial charge in [0.05, 0.1) is 17.0 Å². The van der Waals surface area contributed by atoms with E-state index in [1.165, 1.54) is 11.8 Å². The molecule has 7 heteroatoms. The molecule has 23 heavy (non-hydrogen) atoms. The Balaban J connectivity index is 2.00. The van der Waals surface area contributed by atoms with E-state index in [0.717, 1.165) is 5.16 Å². The van der Waals surface area contributed by atoms with Gasteiger partial charge in [-0.05, 0) is 26.0 Å². The van der Waals surface area contributed by atoms with Gasteiger partial charge in [-0.1, -0.05) is 23.9 Å². The lowest BCUT2D eigenvalue weighted by Crippen LogP contribution is -2.31. The number of amides is 2. The number of rotatable bonds is 6. The molecule has 2 rings (SSSR count). The number of carbonyl (C=O) groups excluding carboxylic acids is 2. The molecule has 2 amide bonds. The van der Waals surface area contributed by atoms with Crippen LogP contribution in [-0.2, 0) is 11.8 Å². The molecule has 2 N–H and O–H groups in total. The number of para-hydroxylation sites is 1. The standard InChI is InChI=1S/C16H20N4O2S/c1-11(2)18-15(22)12-6-4-5-7-13(12)19-14(21)10-23-16-17-8-9-20(16)3/h4-9,11H,10H2,1-3H3,(H,18,22)(H,19,21). The summed E-state index contributed by atoms with van der Waals surface area (Å²) in [6.07, 6.45) is 3.51. The summed E-state index contributed by atoms with van der Waals surface area (Å²) in [5.41, 5.74) is 0.965. The molecular formula is C16H20N4O2S. The van der Waals surface area contributed by atoms with Crippen LogP contribution in [0.2, 0.25) is 0 Å². The quantitative estimate of drug-likeness (QED) is 0.796. The maximum absolute atomic E-state index is 12.2. The minimum Gasteiger partial charge on any atom is -0.350 e. The molecule has 2 aromatic rings. The third kappa shape index (κ3) is 4.85. The van der Waals surface area contributed by atoms with Crippen LogP contribution in [0, 0.1) is 0 Å². The van der Waals surface area contributed by atoms with E-state index in [2.05, 4.69) is 15.6 Å². The lowest BCUT2D eigenvalue weighted by Gasteiger charge is -2.13. The molecule has 0 radical (unpaired) electrons. The molecule has 1 aromatic carbocycles. The minimum absolute atomic E-state index is 0.0326. The van der Waals surface area contributed by atoms with E-state index in [1.54, 1.807) is 30.5 Å². The monoisotopic (exact) mass is 332 g/mol. The van der Waals surface area contributed by atoms with Gasteiger partial charge in [-0.15, -0.1) is 0 Å². The molecule has 0 aliphatic heterocycles. The molecule has 1 aromatic heterocycles. The van der Waals surface area contributed by atoms with Crippen molar-refractivity contribution in [1.82, 2.24) is 14.9 Å². The van der Waals surface area contributed by atoms with Crippen molar-refractivity contribution in [3.63, 3.8) is 0 Å². The van der Waals surface area contributed by atoms with Crippen molar-refractivity contribution in [3.8, 4) is 0 Å². The Morgan fingerprint density at radius 2 is 2.04 bits per heavy atom. The molecule has 0 saturated heterocycles. The van der Waals surface area contributed by atoms with Crippen molar-refractivity contribution < 1.29 is 9.59 Å². The lowest BCUT2D eigenvalue weighted by atomic mass is 10.1. The molecule has 6 nitrogen and oxygen atoms in total. The van der Waals surface area contributed by atoms with Crippen LogP contribution in [0.3, 0.4) is 0 Å². The summed E-state index contributed by atoms with van der Waals surface area (Å²) < 4.78 is 1.85. The van der Waals surface area contributed by atoms with Crippen LogP contribution in [0.25, 0.3) is 0 Å². The molecule has 0 bridgehead atoms. The Bertz CT molecular complexity index is 697. The number of anilines is 1. The van der Waals surface area contributed by atoms with Crippen LogP contribution < -0.4 is 10.6 Å². The second-order valence-electron chi connectivity index (χ2n) is 5.33. The highest BCUT2D eigenvalue weighted by molar-refractivity contribution is 7.99. The van der Waals surface area contributed by atoms with Gasteiger partial charge in [0.15, 0.2) is 5.16 Å². The third-order valence-electron chi connectivity index (χ3n) is 2.97. The number of benzene rings is 1. The lowest BCUT2D eigenvalue weighted by molar-refractivity contribution is -0.113. The van der Waals surface area contributed by atoms with Crippen molar-refractivity contribution in [1.29, 1.82) is 0 Å². The summed E-state index contributed by atoms with van der Waals surface area (Å²) in [5, 5.41) is 6.38. The fourth-order valence-electron chi connectivity index (χ4n) is 1.94. The number of imidazole rings is 1. The molecule has 0 aliphatic rings. The predicted octanol–water partition coefficient (Wildman–Crippen LogP) is 2.29. The van der Waals surface area contributed by atoms with Gasteiger partial charge in [-0.2, -0.15) is 0 Å². The summed E-state index contributed by atoms with van der Waals surface area (Å²) >= 11 is 1.35. The number of aromatic nitrogens is 2. The molecule has 0 unspecified atom stereocenters. The second kappa shape index (κ2) is 7.82. The van der Waals surface area contributed by atoms with E-state index in [4.69, 9.17) is 0 Å². The zero-order valence-electron chi connectivity index (χ0n) is 13.4. The maximum atomic E-state index is 12.2. The summed E-state index contributed by atoms with van der Waals surface area (Å²) in [5.74, 6) is -0.152. The topological polar surface area (TPSA) is 76.0 Å². The van der Waals surface area contributed by atoms with E-state index >= 15 is 0 Å². The highest BCUT2D eigenvalue weighted by Crippen LogP contribution is 2.18. The molecule has 0 spiro atoms. The zero-order valence-corrected chi connectivity index (χ0v) is 14.2. The Kier molecular flexibility index (Phi) is 5.81. The molecule has 0 aliphatic carbocycles. The number of aryl methyl sites for hydroxylation is 1. The van der Waals surface area contributed by atoms with E-state index in [-0.39, 0.29) is 23.6 Å². The highest BCUT2D eigenvalue weighted by atomic mass is 32.2. The van der Waals surface area contributed by atoms with Crippen LogP contribution in [0.15, 0.2) is 41.8 Å². The first-order valence-corrected chi connectivity index (χ1v) is 8.26. The van der Waals surface area contributed by atoms with Gasteiger partial charge in [0.2, 0.25) is 5.91 Å². The SMILES string of the molecule is CC(C)NC(=O)c1ccccc1NC(=O)CSc1nccn1C. The Labute approximate surface area is 139 Å². The number of thioether (sulfide) groups is 1. The predicted molar refractivity (Wildman–Crippen MR) is 91.6 cm³/mol. The van der Waals surface area contributed by atoms with Crippen molar-refractivity contribution in [2.45, 2.75) is 25.0 Å². The van der Waals surface area contributed by atoms with Crippen LogP contribution in [0.1, 0.15) is 24.2 Å². The Hall–Kier alpha value is -2.28. The zero-order chi connectivity index (χ0) is 16.8. The van der Waals surface area contributed by atoms with Crippen molar-refractivity contribution in [3.05, 3.63) is 42.2 Å². The molecule has 0 fully saturated rings. The fraction of sp³-hybridized carbons (Fsp3) is 0.312. The van der Waals surface area contributed by atoms with Gasteiger partial charge in [-0.3, -0.25) is 9.59 Å². The third-order valence-corrected chi connectivity index (χ3v) is 4.03. The minimum atomic E-state index is -0.201. The first kappa shape index (κ1) is 17.1. The van der Waals surface area contributed by atoms with Gasteiger partial charge in [0, 0.05) is 25.5 Å². The molecule has 0 atom stereocenters. The van der Waals surface area contributed by atoms with Crippen LogP contribution in [-0.4, -0.2) is 33.2 Å². The van der Waals surface area contributed by atoms with E-state index in [9.17, 15) is 9.59 Å². The van der Waals surface area contributed by atoms with Crippen LogP contribution in [0.5, 0.6) is 0 Å². The largest absolute Gasteiger partial charge is 0.350 e. The Morgan fingerprint density at radius 1 is 1.30 bits per heavy atom. The van der Waals surface area contributed by atoms with Gasteiger partial charge in [0.25, 0.3) is 5.91 Å². The van der Waals surface area contributed by atoms with Crippen LogP contribution in [0.4, 0.5) is 5.69 Å². The van der Waals surface area contributed by atoms with Crippen molar-refractivity contribution >= 4 is 29.3 Å². The maximum Gasteiger partial charge on any atom is 0.253 e. The first-order valence-electron chi connectivity index (χ1n) is 7.27. The van der Waals surface area contributed by atoms with Gasteiger partial charge in [-0.25, -0.2) is 4.98 Å². The summed E-state index contributed by atoms with van der Waals surface area (Å²) in [6.45, 7) is 3.78. The number of hydrogen-bond donors (Lipinski definition) is 2. The van der Waals surface area contributed by atoms with E-state index in [1.807, 2.05) is 31.7 Å². The first-order chi connectivity index (χ1) is 11.0. The van der Waals surface area contributed by atoms with E-state index < -0.39 is 0 Å². The molecular weight excluding hydrogens is 312 g/mol. The second-order valence-corrected chi connectivity index (χ2v) is 6.27. The normalized spacial score (nSPS) is 10.6. The average Bonchev–Trinajstić information content (AvgIpc) is 2.90. The van der Waals surface area contributed by atoms with Gasteiger partial charge < -0.3 is 15.2 Å². The van der Waals surface area contributed by atoms with Crippen LogP contribution >= 0.6 is 11.8 Å². The van der Waals surface area contributed by atoms with Gasteiger partial charge >= 0.3 is 0 Å². The summed E-state index contributed by atoms with van der Waals surface area (Å²) in [4.78, 5) is 28.4. The average molecular weight is 332 g/mol. The number of hydrogen-bond acceptors (Lipinski definition) is 4. The summed E-state index contributed by atoms with van der Waals surface area (Å²) in [7, 11) is 1.87. The van der Waals surface area contributed by atoms with Gasteiger partial charge in [0.1, 0.15) is 0 Å².